The Balaban J connectivity index is 1.63. The molecule has 4 N–H and O–H groups in total. The highest BCUT2D eigenvalue weighted by molar-refractivity contribution is 7.56. The van der Waals surface area contributed by atoms with Crippen LogP contribution in [0.2, 0.25) is 0 Å². The number of carbonyl (C=O) groups is 1. The lowest BCUT2D eigenvalue weighted by atomic mass is 10.2. The highest BCUT2D eigenvalue weighted by atomic mass is 31.2. The molecule has 0 aliphatic carbocycles. The van der Waals surface area contributed by atoms with Gasteiger partial charge >= 0.3 is 5.97 Å². The predicted octanol–water partition coefficient (Wildman–Crippen LogP) is 1.86. The number of rotatable bonds is 12. The Hall–Kier alpha value is -3.05. The molecule has 12 nitrogen and oxygen atoms in total. The fraction of sp³-hybridized carbons (Fsp3) is 0.368. The minimum Gasteiger partial charge on any atom is -0.480 e. The summed E-state index contributed by atoms with van der Waals surface area (Å²) in [6.45, 7) is 1.89. The second-order valence-electron chi connectivity index (χ2n) is 6.86. The number of ether oxygens (including phenoxy) is 2. The molecule has 13 heteroatoms. The van der Waals surface area contributed by atoms with Crippen molar-refractivity contribution >= 4 is 30.6 Å². The van der Waals surface area contributed by atoms with E-state index in [4.69, 9.17) is 19.7 Å². The maximum atomic E-state index is 13.2. The topological polar surface area (TPSA) is 164 Å². The van der Waals surface area contributed by atoms with E-state index in [-0.39, 0.29) is 31.4 Å². The minimum absolute atomic E-state index is 0.0442. The Morgan fingerprint density at radius 1 is 1.31 bits per heavy atom. The normalized spacial score (nSPS) is 14.2. The van der Waals surface area contributed by atoms with E-state index in [0.717, 1.165) is 5.56 Å². The van der Waals surface area contributed by atoms with Crippen LogP contribution >= 0.6 is 7.52 Å². The van der Waals surface area contributed by atoms with Crippen molar-refractivity contribution in [2.24, 2.45) is 0 Å². The number of nitrogens with one attached hydrogen (secondary N) is 1. The van der Waals surface area contributed by atoms with Crippen molar-refractivity contribution in [1.82, 2.24) is 24.6 Å². The summed E-state index contributed by atoms with van der Waals surface area (Å²) in [6, 6.07) is 8.06. The number of imidazole rings is 1. The van der Waals surface area contributed by atoms with Crippen LogP contribution < -0.4 is 15.6 Å². The third-order valence-electron chi connectivity index (χ3n) is 4.42. The molecule has 0 bridgehead atoms. The number of carboxylic acid groups (broad SMARTS) is 1. The van der Waals surface area contributed by atoms with Gasteiger partial charge in [0.25, 0.3) is 7.52 Å². The van der Waals surface area contributed by atoms with Crippen LogP contribution in [0.25, 0.3) is 11.2 Å². The van der Waals surface area contributed by atoms with Gasteiger partial charge in [-0.15, -0.1) is 0 Å². The smallest absolute Gasteiger partial charge is 0.320 e. The van der Waals surface area contributed by atoms with E-state index in [0.29, 0.717) is 17.7 Å². The zero-order valence-electron chi connectivity index (χ0n) is 17.7. The summed E-state index contributed by atoms with van der Waals surface area (Å²) in [4.78, 5) is 23.6. The average molecular weight is 464 g/mol. The second-order valence-corrected chi connectivity index (χ2v) is 8.98. The summed E-state index contributed by atoms with van der Waals surface area (Å²) < 4.78 is 31.2. The van der Waals surface area contributed by atoms with Crippen LogP contribution in [0.3, 0.4) is 0 Å². The van der Waals surface area contributed by atoms with Crippen LogP contribution in [0.5, 0.6) is 5.88 Å². The first-order valence-electron chi connectivity index (χ1n) is 9.69. The van der Waals surface area contributed by atoms with Gasteiger partial charge in [0.1, 0.15) is 12.4 Å². The molecule has 2 atom stereocenters. The Morgan fingerprint density at radius 3 is 2.75 bits per heavy atom. The predicted molar refractivity (Wildman–Crippen MR) is 116 cm³/mol. The maximum Gasteiger partial charge on any atom is 0.320 e. The molecule has 0 spiro atoms. The van der Waals surface area contributed by atoms with E-state index < -0.39 is 19.5 Å². The third-order valence-corrected chi connectivity index (χ3v) is 6.27. The zero-order chi connectivity index (χ0) is 23.1. The van der Waals surface area contributed by atoms with Crippen molar-refractivity contribution in [3.63, 3.8) is 0 Å². The molecule has 0 fully saturated rings. The van der Waals surface area contributed by atoms with Crippen LogP contribution in [0.15, 0.2) is 36.7 Å². The number of aromatic nitrogens is 4. The first-order valence-corrected chi connectivity index (χ1v) is 11.5. The summed E-state index contributed by atoms with van der Waals surface area (Å²) in [5, 5.41) is 11.7. The van der Waals surface area contributed by atoms with Gasteiger partial charge in [-0.25, -0.2) is 10.1 Å². The Kier molecular flexibility index (Phi) is 7.75. The Bertz CT molecular complexity index is 1110. The largest absolute Gasteiger partial charge is 0.480 e. The molecule has 0 unspecified atom stereocenters. The lowest BCUT2D eigenvalue weighted by Crippen LogP contribution is -2.33. The number of carboxylic acids is 1. The van der Waals surface area contributed by atoms with Gasteiger partial charge in [0.15, 0.2) is 11.2 Å². The fourth-order valence-electron chi connectivity index (χ4n) is 2.80. The second kappa shape index (κ2) is 10.5. The van der Waals surface area contributed by atoms with Crippen LogP contribution in [0.1, 0.15) is 12.5 Å². The molecule has 0 radical (unpaired) electrons. The van der Waals surface area contributed by atoms with Crippen molar-refractivity contribution < 1.29 is 28.5 Å². The summed E-state index contributed by atoms with van der Waals surface area (Å²) in [7, 11) is -2.15. The van der Waals surface area contributed by atoms with E-state index >= 15 is 0 Å². The van der Waals surface area contributed by atoms with Gasteiger partial charge in [0, 0.05) is 6.54 Å². The van der Waals surface area contributed by atoms with Gasteiger partial charge in [-0.1, -0.05) is 30.3 Å². The Labute approximate surface area is 184 Å². The Morgan fingerprint density at radius 2 is 2.06 bits per heavy atom. The number of nitrogen functional groups attached to an aromatic ring is 1. The number of nitrogens with two attached hydrogens (primary N) is 1. The van der Waals surface area contributed by atoms with Gasteiger partial charge in [-0.05, 0) is 12.5 Å². The third kappa shape index (κ3) is 6.01. The van der Waals surface area contributed by atoms with Crippen molar-refractivity contribution in [2.45, 2.75) is 26.1 Å². The van der Waals surface area contributed by atoms with E-state index in [9.17, 15) is 14.5 Å². The van der Waals surface area contributed by atoms with Crippen LogP contribution in [0.4, 0.5) is 5.95 Å². The van der Waals surface area contributed by atoms with Crippen molar-refractivity contribution in [3.8, 4) is 5.88 Å². The van der Waals surface area contributed by atoms with Crippen molar-refractivity contribution in [3.05, 3.63) is 42.2 Å². The van der Waals surface area contributed by atoms with Crippen LogP contribution in [-0.4, -0.2) is 56.7 Å². The molecule has 1 aromatic carbocycles. The molecule has 0 saturated carbocycles. The van der Waals surface area contributed by atoms with E-state index in [1.165, 1.54) is 14.0 Å². The summed E-state index contributed by atoms with van der Waals surface area (Å²) >= 11 is 0. The number of methoxy groups -OCH3 is 1. The van der Waals surface area contributed by atoms with E-state index in [2.05, 4.69) is 20.0 Å². The number of hydrogen-bond donors (Lipinski definition) is 3. The quantitative estimate of drug-likeness (QED) is 0.265. The number of hydrogen-bond acceptors (Lipinski definition) is 9. The molecule has 0 saturated heterocycles. The highest BCUT2D eigenvalue weighted by Gasteiger charge is 2.28. The molecular weight excluding hydrogens is 439 g/mol. The van der Waals surface area contributed by atoms with Crippen molar-refractivity contribution in [1.29, 1.82) is 0 Å². The number of nitrogens with zero attached hydrogens (tertiary/aromatic N) is 4. The van der Waals surface area contributed by atoms with E-state index in [1.54, 1.807) is 10.9 Å². The molecule has 0 amide bonds. The zero-order valence-corrected chi connectivity index (χ0v) is 18.6. The lowest BCUT2D eigenvalue weighted by Gasteiger charge is -2.22. The first-order chi connectivity index (χ1) is 15.3. The molecule has 0 aliphatic rings. The number of aliphatic carboxylic acids is 1. The SMILES string of the molecule is COc1nc(N)nc2c1ncn2CCOC[P@@](=O)(N[C@@H](C)C(=O)O)OCc1ccccc1. The van der Waals surface area contributed by atoms with Crippen LogP contribution in [-0.2, 0) is 31.8 Å². The standard InChI is InChI=1S/C19H25N6O6P/c1-13(18(26)27)24-32(28,31-10-14-6-4-3-5-7-14)12-30-9-8-25-11-21-15-16(25)22-19(20)23-17(15)29-2/h3-7,11,13H,8-10,12H2,1-2H3,(H,24,28)(H,26,27)(H2,20,22,23)/t13-,32-/m0/s1. The number of benzene rings is 1. The van der Waals surface area contributed by atoms with E-state index in [1.807, 2.05) is 30.3 Å². The van der Waals surface area contributed by atoms with Gasteiger partial charge in [0.2, 0.25) is 11.8 Å². The first kappa shape index (κ1) is 23.6. The molecular formula is C19H25N6O6P. The molecule has 32 heavy (non-hydrogen) atoms. The van der Waals surface area contributed by atoms with Crippen LogP contribution in [0, 0.1) is 0 Å². The highest BCUT2D eigenvalue weighted by Crippen LogP contribution is 2.43. The van der Waals surface area contributed by atoms with Gasteiger partial charge in [0.05, 0.1) is 26.7 Å². The number of anilines is 1. The molecule has 0 aliphatic heterocycles. The van der Waals surface area contributed by atoms with Crippen molar-refractivity contribution in [2.75, 3.05) is 25.8 Å². The summed E-state index contributed by atoms with van der Waals surface area (Å²) in [5.41, 5.74) is 7.43. The monoisotopic (exact) mass is 464 g/mol. The lowest BCUT2D eigenvalue weighted by molar-refractivity contribution is -0.138. The molecule has 3 rings (SSSR count). The average Bonchev–Trinajstić information content (AvgIpc) is 3.18. The maximum absolute atomic E-state index is 13.2. The molecule has 2 heterocycles. The molecule has 3 aromatic rings. The number of fused-ring (bicyclic) bond motifs is 1. The van der Waals surface area contributed by atoms with Gasteiger partial charge in [-0.2, -0.15) is 9.97 Å². The summed E-state index contributed by atoms with van der Waals surface area (Å²) in [6.07, 6.45) is 1.23. The van der Waals surface area contributed by atoms with Gasteiger partial charge in [-0.3, -0.25) is 9.36 Å². The molecule has 2 aromatic heterocycles. The minimum atomic E-state index is -3.61. The fourth-order valence-corrected chi connectivity index (χ4v) is 4.45. The van der Waals surface area contributed by atoms with Gasteiger partial charge < -0.3 is 29.4 Å². The summed E-state index contributed by atoms with van der Waals surface area (Å²) in [5.74, 6) is -0.842. The molecule has 172 valence electrons.